The van der Waals surface area contributed by atoms with Gasteiger partial charge in [0.25, 0.3) is 0 Å². The Bertz CT molecular complexity index is 404. The van der Waals surface area contributed by atoms with Crippen molar-refractivity contribution in [1.82, 2.24) is 5.32 Å². The van der Waals surface area contributed by atoms with Crippen LogP contribution in [0.3, 0.4) is 0 Å². The Morgan fingerprint density at radius 1 is 1.10 bits per heavy atom. The fourth-order valence-electron chi connectivity index (χ4n) is 3.66. The van der Waals surface area contributed by atoms with Crippen LogP contribution in [0, 0.1) is 5.92 Å². The Kier molecular flexibility index (Phi) is 6.09. The summed E-state index contributed by atoms with van der Waals surface area (Å²) in [6, 6.07) is 7.68. The van der Waals surface area contributed by atoms with Crippen LogP contribution in [-0.4, -0.2) is 6.54 Å². The summed E-state index contributed by atoms with van der Waals surface area (Å²) in [5.74, 6) is 0.939. The standard InChI is InChI=1S/C19H31N/c1-4-15-11-12-17(5-2)18(13-15)19(20-6-3)14-16-9-7-8-10-16/h11-13,16,19-20H,4-10,14H2,1-3H3. The van der Waals surface area contributed by atoms with Crippen molar-refractivity contribution in [3.8, 4) is 0 Å². The zero-order valence-corrected chi connectivity index (χ0v) is 13.5. The molecule has 0 heterocycles. The van der Waals surface area contributed by atoms with Crippen LogP contribution in [0.15, 0.2) is 18.2 Å². The van der Waals surface area contributed by atoms with Crippen molar-refractivity contribution in [2.45, 2.75) is 71.8 Å². The summed E-state index contributed by atoms with van der Waals surface area (Å²) in [4.78, 5) is 0. The smallest absolute Gasteiger partial charge is 0.0325 e. The van der Waals surface area contributed by atoms with Gasteiger partial charge in [0.05, 0.1) is 0 Å². The van der Waals surface area contributed by atoms with E-state index in [0.717, 1.165) is 25.3 Å². The van der Waals surface area contributed by atoms with Gasteiger partial charge in [0.2, 0.25) is 0 Å². The van der Waals surface area contributed by atoms with Crippen molar-refractivity contribution < 1.29 is 0 Å². The van der Waals surface area contributed by atoms with Crippen molar-refractivity contribution in [2.24, 2.45) is 5.92 Å². The van der Waals surface area contributed by atoms with Crippen molar-refractivity contribution >= 4 is 0 Å². The minimum Gasteiger partial charge on any atom is -0.310 e. The van der Waals surface area contributed by atoms with Gasteiger partial charge in [0, 0.05) is 6.04 Å². The first kappa shape index (κ1) is 15.6. The molecule has 1 N–H and O–H groups in total. The van der Waals surface area contributed by atoms with Gasteiger partial charge in [-0.2, -0.15) is 0 Å². The lowest BCUT2D eigenvalue weighted by Crippen LogP contribution is -2.24. The van der Waals surface area contributed by atoms with Crippen LogP contribution < -0.4 is 5.32 Å². The fourth-order valence-corrected chi connectivity index (χ4v) is 3.66. The van der Waals surface area contributed by atoms with Crippen molar-refractivity contribution in [1.29, 1.82) is 0 Å². The molecule has 1 unspecified atom stereocenters. The molecule has 1 nitrogen and oxygen atoms in total. The van der Waals surface area contributed by atoms with E-state index in [1.807, 2.05) is 0 Å². The molecule has 0 bridgehead atoms. The van der Waals surface area contributed by atoms with E-state index in [9.17, 15) is 0 Å². The van der Waals surface area contributed by atoms with Crippen molar-refractivity contribution in [2.75, 3.05) is 6.54 Å². The predicted molar refractivity (Wildman–Crippen MR) is 88.2 cm³/mol. The van der Waals surface area contributed by atoms with Gasteiger partial charge >= 0.3 is 0 Å². The molecule has 0 amide bonds. The number of rotatable bonds is 7. The van der Waals surface area contributed by atoms with Gasteiger partial charge in [0.1, 0.15) is 0 Å². The second kappa shape index (κ2) is 7.83. The van der Waals surface area contributed by atoms with E-state index < -0.39 is 0 Å². The second-order valence-corrected chi connectivity index (χ2v) is 6.24. The van der Waals surface area contributed by atoms with Gasteiger partial charge in [0.15, 0.2) is 0 Å². The SMILES string of the molecule is CCNC(CC1CCCC1)c1cc(CC)ccc1CC. The molecular formula is C19H31N. The van der Waals surface area contributed by atoms with Gasteiger partial charge in [-0.1, -0.05) is 64.7 Å². The number of hydrogen-bond acceptors (Lipinski definition) is 1. The van der Waals surface area contributed by atoms with E-state index in [-0.39, 0.29) is 0 Å². The molecule has 0 saturated heterocycles. The summed E-state index contributed by atoms with van der Waals surface area (Å²) in [6.45, 7) is 7.83. The highest BCUT2D eigenvalue weighted by Gasteiger charge is 2.22. The van der Waals surface area contributed by atoms with E-state index in [2.05, 4.69) is 44.3 Å². The number of nitrogens with one attached hydrogen (secondary N) is 1. The molecular weight excluding hydrogens is 242 g/mol. The van der Waals surface area contributed by atoms with E-state index in [0.29, 0.717) is 6.04 Å². The molecule has 0 aromatic heterocycles. The van der Waals surface area contributed by atoms with Crippen molar-refractivity contribution in [3.05, 3.63) is 34.9 Å². The van der Waals surface area contributed by atoms with E-state index in [1.54, 1.807) is 5.56 Å². The molecule has 1 aliphatic rings. The molecule has 20 heavy (non-hydrogen) atoms. The Morgan fingerprint density at radius 2 is 1.85 bits per heavy atom. The summed E-state index contributed by atoms with van der Waals surface area (Å²) in [6.07, 6.45) is 9.38. The topological polar surface area (TPSA) is 12.0 Å². The van der Waals surface area contributed by atoms with Crippen molar-refractivity contribution in [3.63, 3.8) is 0 Å². The Labute approximate surface area is 125 Å². The first-order valence-corrected chi connectivity index (χ1v) is 8.63. The highest BCUT2D eigenvalue weighted by atomic mass is 14.9. The monoisotopic (exact) mass is 273 g/mol. The Morgan fingerprint density at radius 3 is 2.45 bits per heavy atom. The molecule has 1 heteroatoms. The maximum absolute atomic E-state index is 3.75. The summed E-state index contributed by atoms with van der Waals surface area (Å²) < 4.78 is 0. The van der Waals surface area contributed by atoms with E-state index in [1.165, 1.54) is 43.2 Å². The zero-order chi connectivity index (χ0) is 14.4. The first-order chi connectivity index (χ1) is 9.78. The Balaban J connectivity index is 2.21. The molecule has 1 fully saturated rings. The summed E-state index contributed by atoms with van der Waals surface area (Å²) in [7, 11) is 0. The van der Waals surface area contributed by atoms with Crippen LogP contribution in [0.4, 0.5) is 0 Å². The minimum atomic E-state index is 0.560. The third-order valence-corrected chi connectivity index (χ3v) is 4.87. The van der Waals surface area contributed by atoms with Gasteiger partial charge < -0.3 is 5.32 Å². The molecule has 0 radical (unpaired) electrons. The molecule has 0 spiro atoms. The summed E-state index contributed by atoms with van der Waals surface area (Å²) in [5, 5.41) is 3.75. The molecule has 1 saturated carbocycles. The van der Waals surface area contributed by atoms with E-state index >= 15 is 0 Å². The second-order valence-electron chi connectivity index (χ2n) is 6.24. The van der Waals surface area contributed by atoms with Crippen LogP contribution >= 0.6 is 0 Å². The lowest BCUT2D eigenvalue weighted by atomic mass is 9.89. The molecule has 112 valence electrons. The third-order valence-electron chi connectivity index (χ3n) is 4.87. The number of aryl methyl sites for hydroxylation is 2. The number of benzene rings is 1. The molecule has 1 aromatic rings. The predicted octanol–water partition coefficient (Wildman–Crippen LogP) is 5.04. The number of hydrogen-bond donors (Lipinski definition) is 1. The molecule has 1 aromatic carbocycles. The zero-order valence-electron chi connectivity index (χ0n) is 13.5. The minimum absolute atomic E-state index is 0.560. The van der Waals surface area contributed by atoms with Crippen LogP contribution in [0.5, 0.6) is 0 Å². The molecule has 2 rings (SSSR count). The van der Waals surface area contributed by atoms with Gasteiger partial charge in [-0.15, -0.1) is 0 Å². The highest BCUT2D eigenvalue weighted by molar-refractivity contribution is 5.34. The maximum Gasteiger partial charge on any atom is 0.0325 e. The maximum atomic E-state index is 3.75. The summed E-state index contributed by atoms with van der Waals surface area (Å²) in [5.41, 5.74) is 4.58. The molecule has 1 atom stereocenters. The first-order valence-electron chi connectivity index (χ1n) is 8.63. The average Bonchev–Trinajstić information content (AvgIpc) is 2.99. The van der Waals surface area contributed by atoms with Gasteiger partial charge in [-0.25, -0.2) is 0 Å². The highest BCUT2D eigenvalue weighted by Crippen LogP contribution is 2.34. The fraction of sp³-hybridized carbons (Fsp3) is 0.684. The van der Waals surface area contributed by atoms with Gasteiger partial charge in [-0.05, 0) is 48.4 Å². The van der Waals surface area contributed by atoms with E-state index in [4.69, 9.17) is 0 Å². The average molecular weight is 273 g/mol. The lowest BCUT2D eigenvalue weighted by molar-refractivity contribution is 0.399. The van der Waals surface area contributed by atoms with Crippen LogP contribution in [0.25, 0.3) is 0 Å². The van der Waals surface area contributed by atoms with Gasteiger partial charge in [-0.3, -0.25) is 0 Å². The largest absolute Gasteiger partial charge is 0.310 e. The Hall–Kier alpha value is -0.820. The quantitative estimate of drug-likeness (QED) is 0.733. The third kappa shape index (κ3) is 3.85. The van der Waals surface area contributed by atoms with Crippen LogP contribution in [0.1, 0.15) is 75.6 Å². The molecule has 1 aliphatic carbocycles. The molecule has 0 aliphatic heterocycles. The normalized spacial score (nSPS) is 17.6. The van der Waals surface area contributed by atoms with Crippen LogP contribution in [0.2, 0.25) is 0 Å². The summed E-state index contributed by atoms with van der Waals surface area (Å²) >= 11 is 0. The lowest BCUT2D eigenvalue weighted by Gasteiger charge is -2.25. The van der Waals surface area contributed by atoms with Crippen LogP contribution in [-0.2, 0) is 12.8 Å².